The van der Waals surface area contributed by atoms with Gasteiger partial charge in [-0.2, -0.15) is 0 Å². The highest BCUT2D eigenvalue weighted by Crippen LogP contribution is 2.49. The largest absolute Gasteiger partial charge is 0.474 e. The van der Waals surface area contributed by atoms with E-state index in [0.717, 1.165) is 0 Å². The van der Waals surface area contributed by atoms with Gasteiger partial charge in [-0.15, -0.1) is 0 Å². The lowest BCUT2D eigenvalue weighted by atomic mass is 10.4. The highest BCUT2D eigenvalue weighted by molar-refractivity contribution is 9.25. The van der Waals surface area contributed by atoms with E-state index in [9.17, 15) is 9.36 Å². The van der Waals surface area contributed by atoms with Crippen molar-refractivity contribution in [1.29, 1.82) is 0 Å². The predicted molar refractivity (Wildman–Crippen MR) is 104 cm³/mol. The van der Waals surface area contributed by atoms with Crippen molar-refractivity contribution in [2.45, 2.75) is 27.2 Å². The molecule has 0 fully saturated rings. The van der Waals surface area contributed by atoms with Gasteiger partial charge in [0.15, 0.2) is 0 Å². The van der Waals surface area contributed by atoms with E-state index >= 15 is 0 Å². The number of carbonyl (C=O) groups is 1. The quantitative estimate of drug-likeness (QED) is 0.0931. The number of ether oxygens (including phenoxy) is 1. The molecule has 0 rings (SSSR count). The van der Waals surface area contributed by atoms with Crippen LogP contribution in [0.4, 0.5) is 0 Å². The number of rotatable bonds is 13. The molecule has 0 aliphatic heterocycles. The summed E-state index contributed by atoms with van der Waals surface area (Å²) in [5.74, 6) is -0.534. The normalized spacial score (nSPS) is 12.0. The molecule has 0 aromatic carbocycles. The fourth-order valence-corrected chi connectivity index (χ4v) is 2.95. The maximum atomic E-state index is 12.5. The molecule has 0 spiro atoms. The van der Waals surface area contributed by atoms with Gasteiger partial charge in [-0.05, 0) is 19.8 Å². The molecule has 136 valence electrons. The average molecular weight is 610 g/mol. The first-order chi connectivity index (χ1) is 10.7. The fourth-order valence-electron chi connectivity index (χ4n) is 1.03. The summed E-state index contributed by atoms with van der Waals surface area (Å²) < 4.78 is 33.0. The number of hydrogen-bond acceptors (Lipinski definition) is 6. The van der Waals surface area contributed by atoms with Crippen LogP contribution in [0.3, 0.4) is 0 Å². The summed E-state index contributed by atoms with van der Waals surface area (Å²) in [5.41, 5.74) is 0.280. The summed E-state index contributed by atoms with van der Waals surface area (Å²) in [5, 5.41) is 0. The lowest BCUT2D eigenvalue weighted by Crippen LogP contribution is -2.12. The zero-order valence-electron chi connectivity index (χ0n) is 12.5. The van der Waals surface area contributed by atoms with E-state index in [1.165, 1.54) is 6.92 Å². The molecular formula is C12H19Br4O6P. The maximum Gasteiger partial charge on any atom is 0.474 e. The summed E-state index contributed by atoms with van der Waals surface area (Å²) in [6, 6.07) is 0. The van der Waals surface area contributed by atoms with Gasteiger partial charge < -0.3 is 4.74 Å². The second-order valence-corrected chi connectivity index (χ2v) is 12.8. The van der Waals surface area contributed by atoms with Crippen LogP contribution < -0.4 is 0 Å². The zero-order chi connectivity index (χ0) is 17.9. The predicted octanol–water partition coefficient (Wildman–Crippen LogP) is 5.28. The van der Waals surface area contributed by atoms with Crippen molar-refractivity contribution in [2.75, 3.05) is 26.4 Å². The number of hydrogen-bond donors (Lipinski definition) is 0. The number of phosphoric acid groups is 1. The topological polar surface area (TPSA) is 71.1 Å². The smallest absolute Gasteiger partial charge is 0.460 e. The molecule has 0 aliphatic rings. The molecule has 0 atom stereocenters. The fraction of sp³-hybridized carbons (Fsp3) is 0.750. The van der Waals surface area contributed by atoms with Crippen LogP contribution in [0, 0.1) is 0 Å². The third kappa shape index (κ3) is 14.1. The van der Waals surface area contributed by atoms with E-state index in [4.69, 9.17) is 18.3 Å². The Balaban J connectivity index is 4.31. The molecule has 0 unspecified atom stereocenters. The van der Waals surface area contributed by atoms with E-state index in [-0.39, 0.29) is 39.5 Å². The third-order valence-corrected chi connectivity index (χ3v) is 5.41. The molecule has 11 heteroatoms. The van der Waals surface area contributed by atoms with Crippen molar-refractivity contribution in [3.05, 3.63) is 12.2 Å². The molecule has 0 saturated carbocycles. The van der Waals surface area contributed by atoms with Crippen molar-refractivity contribution in [3.8, 4) is 0 Å². The summed E-state index contributed by atoms with van der Waals surface area (Å²) in [6.07, 6.45) is 1.14. The van der Waals surface area contributed by atoms with Gasteiger partial charge >= 0.3 is 13.8 Å². The number of esters is 1. The molecular weight excluding hydrogens is 591 g/mol. The average Bonchev–Trinajstić information content (AvgIpc) is 2.42. The van der Waals surface area contributed by atoms with E-state index in [2.05, 4.69) is 70.3 Å². The van der Waals surface area contributed by atoms with Crippen LogP contribution in [0.2, 0.25) is 0 Å². The summed E-state index contributed by atoms with van der Waals surface area (Å²) in [4.78, 5) is 11.2. The highest BCUT2D eigenvalue weighted by atomic mass is 79.9. The molecule has 0 amide bonds. The molecule has 0 aliphatic carbocycles. The SMILES string of the molecule is C=C(C)C(=O)OCCOP(=O)(OCCC(Br)Br)OCCC(Br)Br. The van der Waals surface area contributed by atoms with Crippen LogP contribution in [0.15, 0.2) is 12.2 Å². The Kier molecular flexibility index (Phi) is 14.2. The Morgan fingerprint density at radius 3 is 1.78 bits per heavy atom. The van der Waals surface area contributed by atoms with Gasteiger partial charge in [-0.25, -0.2) is 9.36 Å². The van der Waals surface area contributed by atoms with Crippen molar-refractivity contribution >= 4 is 77.5 Å². The molecule has 0 heterocycles. The highest BCUT2D eigenvalue weighted by Gasteiger charge is 2.27. The first kappa shape index (κ1) is 24.2. The van der Waals surface area contributed by atoms with Crippen molar-refractivity contribution < 1.29 is 27.7 Å². The summed E-state index contributed by atoms with van der Waals surface area (Å²) >= 11 is 13.2. The van der Waals surface area contributed by atoms with Gasteiger partial charge in [0, 0.05) is 5.57 Å². The molecule has 6 nitrogen and oxygen atoms in total. The zero-order valence-corrected chi connectivity index (χ0v) is 19.8. The second-order valence-electron chi connectivity index (χ2n) is 4.22. The minimum Gasteiger partial charge on any atom is -0.460 e. The van der Waals surface area contributed by atoms with Gasteiger partial charge in [0.05, 0.1) is 27.3 Å². The number of phosphoric ester groups is 1. The van der Waals surface area contributed by atoms with Crippen molar-refractivity contribution in [2.24, 2.45) is 0 Å². The lowest BCUT2D eigenvalue weighted by Gasteiger charge is -2.18. The van der Waals surface area contributed by atoms with Crippen LogP contribution in [-0.4, -0.2) is 39.9 Å². The minimum absolute atomic E-state index is 0.0365. The Morgan fingerprint density at radius 2 is 1.39 bits per heavy atom. The number of halogens is 4. The number of alkyl halides is 4. The van der Waals surface area contributed by atoms with E-state index in [0.29, 0.717) is 12.8 Å². The maximum absolute atomic E-state index is 12.5. The third-order valence-electron chi connectivity index (χ3n) is 2.09. The molecule has 0 bridgehead atoms. The Bertz CT molecular complexity index is 400. The minimum atomic E-state index is -3.71. The molecule has 0 radical (unpaired) electrons. The molecule has 23 heavy (non-hydrogen) atoms. The van der Waals surface area contributed by atoms with Crippen LogP contribution in [0.5, 0.6) is 0 Å². The van der Waals surface area contributed by atoms with Gasteiger partial charge in [0.25, 0.3) is 0 Å². The summed E-state index contributed by atoms with van der Waals surface area (Å²) in [6.45, 7) is 5.18. The Hall–Kier alpha value is 1.24. The molecule has 0 aromatic heterocycles. The van der Waals surface area contributed by atoms with Gasteiger partial charge in [-0.3, -0.25) is 13.6 Å². The standard InChI is InChI=1S/C12H19Br4O6P/c1-9(2)12(17)19-7-8-22-23(18,20-5-3-10(13)14)21-6-4-11(15)16/h10-11H,1,3-8H2,2H3. The number of carbonyl (C=O) groups excluding carboxylic acids is 1. The molecule has 0 aromatic rings. The molecule has 0 saturated heterocycles. The van der Waals surface area contributed by atoms with Crippen LogP contribution in [0.1, 0.15) is 19.8 Å². The molecule has 0 N–H and O–H groups in total. The van der Waals surface area contributed by atoms with E-state index in [1.54, 1.807) is 0 Å². The van der Waals surface area contributed by atoms with Gasteiger partial charge in [0.2, 0.25) is 0 Å². The monoisotopic (exact) mass is 606 g/mol. The van der Waals surface area contributed by atoms with Crippen LogP contribution in [-0.2, 0) is 27.7 Å². The Labute approximate surface area is 170 Å². The van der Waals surface area contributed by atoms with Crippen molar-refractivity contribution in [1.82, 2.24) is 0 Å². The lowest BCUT2D eigenvalue weighted by molar-refractivity contribution is -0.139. The second kappa shape index (κ2) is 13.4. The Morgan fingerprint density at radius 1 is 0.957 bits per heavy atom. The van der Waals surface area contributed by atoms with Gasteiger partial charge in [-0.1, -0.05) is 70.3 Å². The van der Waals surface area contributed by atoms with Crippen molar-refractivity contribution in [3.63, 3.8) is 0 Å². The summed E-state index contributed by atoms with van der Waals surface area (Å²) in [7, 11) is -3.71. The first-order valence-corrected chi connectivity index (χ1v) is 11.7. The van der Waals surface area contributed by atoms with E-state index in [1.807, 2.05) is 0 Å². The first-order valence-electron chi connectivity index (χ1n) is 6.59. The van der Waals surface area contributed by atoms with Crippen LogP contribution >= 0.6 is 71.5 Å². The van der Waals surface area contributed by atoms with Crippen LogP contribution in [0.25, 0.3) is 0 Å². The van der Waals surface area contributed by atoms with E-state index < -0.39 is 13.8 Å². The van der Waals surface area contributed by atoms with Gasteiger partial charge in [0.1, 0.15) is 6.61 Å².